The number of aliphatic hydroxyl groups excluding tert-OH is 2. The molecule has 1 aliphatic carbocycles. The van der Waals surface area contributed by atoms with E-state index < -0.39 is 11.9 Å². The van der Waals surface area contributed by atoms with Gasteiger partial charge in [-0.05, 0) is 62.9 Å². The van der Waals surface area contributed by atoms with Crippen LogP contribution in [0, 0.1) is 20.3 Å². The Balaban J connectivity index is 1.69. The van der Waals surface area contributed by atoms with Gasteiger partial charge in [-0.25, -0.2) is 12.2 Å². The molecule has 8 bridgehead atoms. The van der Waals surface area contributed by atoms with Crippen molar-refractivity contribution in [1.82, 2.24) is 19.9 Å². The highest BCUT2D eigenvalue weighted by Gasteiger charge is 2.41. The monoisotopic (exact) mass is 679 g/mol. The van der Waals surface area contributed by atoms with Crippen LogP contribution in [0.5, 0.6) is 0 Å². The summed E-state index contributed by atoms with van der Waals surface area (Å²) in [5, 5.41) is 23.9. The summed E-state index contributed by atoms with van der Waals surface area (Å²) in [6.45, 7) is 17.8. The Kier molecular flexibility index (Phi) is 9.33. The van der Waals surface area contributed by atoms with E-state index >= 15 is 0 Å². The van der Waals surface area contributed by atoms with E-state index in [4.69, 9.17) is 19.4 Å². The lowest BCUT2D eigenvalue weighted by atomic mass is 9.84. The molecule has 0 spiro atoms. The van der Waals surface area contributed by atoms with Gasteiger partial charge in [-0.2, -0.15) is 6.42 Å². The number of fused-ring (bicyclic) bond motifs is 8. The third kappa shape index (κ3) is 5.84. The van der Waals surface area contributed by atoms with E-state index in [0.717, 1.165) is 56.8 Å². The van der Waals surface area contributed by atoms with Crippen molar-refractivity contribution in [1.29, 1.82) is 0 Å². The Labute approximate surface area is 292 Å². The maximum absolute atomic E-state index is 13.4. The summed E-state index contributed by atoms with van der Waals surface area (Å²) in [6.07, 6.45) is 3.15. The number of carbonyl (C=O) groups is 2. The van der Waals surface area contributed by atoms with Crippen molar-refractivity contribution in [3.63, 3.8) is 0 Å². The van der Waals surface area contributed by atoms with E-state index in [1.165, 1.54) is 7.11 Å². The molecule has 2 aliphatic heterocycles. The molecule has 0 saturated heterocycles. The first-order valence-electron chi connectivity index (χ1n) is 17.4. The zero-order valence-corrected chi connectivity index (χ0v) is 30.2. The maximum Gasteiger partial charge on any atom is 0.321 e. The van der Waals surface area contributed by atoms with Crippen LogP contribution in [0.1, 0.15) is 123 Å². The molecule has 3 aromatic heterocycles. The number of aromatic amines is 2. The fourth-order valence-corrected chi connectivity index (χ4v) is 7.99. The average Bonchev–Trinajstić information content (AvgIpc) is 3.80. The van der Waals surface area contributed by atoms with Crippen LogP contribution in [0.15, 0.2) is 30.4 Å². The molecule has 0 radical (unpaired) electrons. The molecule has 50 heavy (non-hydrogen) atoms. The van der Waals surface area contributed by atoms with Crippen molar-refractivity contribution in [2.24, 2.45) is 0 Å². The maximum atomic E-state index is 13.4. The summed E-state index contributed by atoms with van der Waals surface area (Å²) in [5.74, 6) is -2.11. The van der Waals surface area contributed by atoms with E-state index in [2.05, 4.69) is 37.3 Å². The summed E-state index contributed by atoms with van der Waals surface area (Å²) in [7, 11) is 1.31. The first-order chi connectivity index (χ1) is 23.8. The number of nitrogens with zero attached hydrogens (tertiary/aromatic N) is 2. The zero-order chi connectivity index (χ0) is 36.2. The number of aryl methyl sites for hydroxylation is 2. The van der Waals surface area contributed by atoms with Gasteiger partial charge >= 0.3 is 11.9 Å². The van der Waals surface area contributed by atoms with Crippen LogP contribution in [-0.4, -0.2) is 55.8 Å². The Morgan fingerprint density at radius 2 is 1.60 bits per heavy atom. The van der Waals surface area contributed by atoms with Gasteiger partial charge < -0.3 is 29.7 Å². The average molecular weight is 680 g/mol. The highest BCUT2D eigenvalue weighted by molar-refractivity contribution is 5.96. The lowest BCUT2D eigenvalue weighted by molar-refractivity contribution is -0.143. The van der Waals surface area contributed by atoms with Crippen LogP contribution in [0.4, 0.5) is 0 Å². The fourth-order valence-electron chi connectivity index (χ4n) is 7.99. The predicted octanol–water partition coefficient (Wildman–Crippen LogP) is 6.84. The largest absolute Gasteiger partial charge is 0.512 e. The smallest absolute Gasteiger partial charge is 0.321 e. The molecule has 6 rings (SSSR count). The molecular weight excluding hydrogens is 632 g/mol. The number of hydrogen-bond acceptors (Lipinski definition) is 8. The molecule has 0 aromatic carbocycles. The van der Waals surface area contributed by atoms with Gasteiger partial charge in [0.25, 0.3) is 0 Å². The third-order valence-corrected chi connectivity index (χ3v) is 10.8. The van der Waals surface area contributed by atoms with Gasteiger partial charge in [0.2, 0.25) is 0 Å². The minimum atomic E-state index is -1.09. The van der Waals surface area contributed by atoms with Crippen LogP contribution in [0.3, 0.4) is 0 Å². The number of methoxy groups -OCH3 is 1. The van der Waals surface area contributed by atoms with Gasteiger partial charge in [-0.15, -0.1) is 0 Å². The van der Waals surface area contributed by atoms with Crippen LogP contribution < -0.4 is 10.4 Å². The lowest BCUT2D eigenvalue weighted by Crippen LogP contribution is -2.18. The predicted molar refractivity (Wildman–Crippen MR) is 194 cm³/mol. The van der Waals surface area contributed by atoms with Crippen LogP contribution in [0.25, 0.3) is 33.6 Å². The highest BCUT2D eigenvalue weighted by atomic mass is 16.5. The molecule has 3 aliphatic rings. The number of carbonyl (C=O) groups excluding carboxylic acids is 2. The number of ether oxygens (including phenoxy) is 2. The lowest BCUT2D eigenvalue weighted by Gasteiger charge is -2.19. The molecule has 0 amide bonds. The molecule has 10 nitrogen and oxygen atoms in total. The number of nitrogens with one attached hydrogen (secondary N) is 2. The summed E-state index contributed by atoms with van der Waals surface area (Å²) in [6, 6.07) is 6.05. The van der Waals surface area contributed by atoms with Crippen molar-refractivity contribution in [2.75, 3.05) is 13.7 Å². The van der Waals surface area contributed by atoms with Gasteiger partial charge in [-0.3, -0.25) is 19.6 Å². The second kappa shape index (κ2) is 13.4. The first-order valence-corrected chi connectivity index (χ1v) is 17.4. The van der Waals surface area contributed by atoms with E-state index in [1.54, 1.807) is 13.3 Å². The van der Waals surface area contributed by atoms with Crippen LogP contribution >= 0.6 is 0 Å². The molecule has 5 atom stereocenters. The molecule has 0 fully saturated rings. The van der Waals surface area contributed by atoms with E-state index in [0.29, 0.717) is 33.6 Å². The SMILES string of the molecule is C=C(C)[CH-]COC(=O)CC[C@@H]1c2nc(cc3[nH]c(cc4nc(cc5[nH]c6c2[C@@H](C(=O)OC)C(O)=c6c5C)[C@H](CC)[C@H]4C)/c(=C(\C)O)c3C)[C@H]1C. The summed E-state index contributed by atoms with van der Waals surface area (Å²) in [5.41, 5.74) is 9.15. The van der Waals surface area contributed by atoms with Gasteiger partial charge in [0, 0.05) is 80.8 Å². The first kappa shape index (κ1) is 34.9. The summed E-state index contributed by atoms with van der Waals surface area (Å²) >= 11 is 0. The number of aromatic nitrogens is 4. The molecule has 10 heteroatoms. The quantitative estimate of drug-likeness (QED) is 0.149. The molecule has 0 unspecified atom stereocenters. The number of hydrogen-bond donors (Lipinski definition) is 4. The summed E-state index contributed by atoms with van der Waals surface area (Å²) < 4.78 is 10.7. The Morgan fingerprint density at radius 1 is 0.960 bits per heavy atom. The van der Waals surface area contributed by atoms with Gasteiger partial charge in [0.05, 0.1) is 29.6 Å². The second-order valence-electron chi connectivity index (χ2n) is 14.0. The minimum absolute atomic E-state index is 0.0875. The van der Waals surface area contributed by atoms with Gasteiger partial charge in [0.15, 0.2) is 0 Å². The Morgan fingerprint density at radius 3 is 2.26 bits per heavy atom. The third-order valence-electron chi connectivity index (χ3n) is 10.8. The molecule has 0 saturated carbocycles. The van der Waals surface area contributed by atoms with Crippen molar-refractivity contribution >= 4 is 45.5 Å². The Bertz CT molecular complexity index is 2210. The van der Waals surface area contributed by atoms with Gasteiger partial charge in [-0.1, -0.05) is 27.7 Å². The minimum Gasteiger partial charge on any atom is -0.512 e. The van der Waals surface area contributed by atoms with Crippen molar-refractivity contribution in [3.8, 4) is 0 Å². The van der Waals surface area contributed by atoms with E-state index in [1.807, 2.05) is 39.0 Å². The topological polar surface area (TPSA) is 150 Å². The zero-order valence-electron chi connectivity index (χ0n) is 30.2. The van der Waals surface area contributed by atoms with Crippen molar-refractivity contribution in [2.45, 2.75) is 97.3 Å². The molecule has 5 heterocycles. The molecule has 4 N–H and O–H groups in total. The number of esters is 2. The normalized spacial score (nSPS) is 21.6. The Hall–Kier alpha value is -4.99. The molecule has 3 aromatic rings. The summed E-state index contributed by atoms with van der Waals surface area (Å²) in [4.78, 5) is 43.8. The van der Waals surface area contributed by atoms with Crippen LogP contribution in [-0.2, 0) is 19.1 Å². The van der Waals surface area contributed by atoms with Crippen molar-refractivity contribution < 1.29 is 29.3 Å². The van der Waals surface area contributed by atoms with Crippen LogP contribution in [0.2, 0.25) is 0 Å². The van der Waals surface area contributed by atoms with E-state index in [9.17, 15) is 19.8 Å². The number of H-pyrrole nitrogens is 2. The van der Waals surface area contributed by atoms with Crippen molar-refractivity contribution in [3.05, 3.63) is 86.7 Å². The number of aliphatic hydroxyl groups is 2. The molecular formula is C40H47N4O6-. The second-order valence-corrected chi connectivity index (χ2v) is 14.0. The van der Waals surface area contributed by atoms with E-state index in [-0.39, 0.29) is 54.2 Å². The highest BCUT2D eigenvalue weighted by Crippen LogP contribution is 2.46. The number of rotatable bonds is 8. The van der Waals surface area contributed by atoms with Gasteiger partial charge in [0.1, 0.15) is 11.7 Å². The molecule has 264 valence electrons. The fraction of sp³-hybridized carbons (Fsp3) is 0.425. The standard InChI is InChI=1S/C40H47N4O6/c1-10-24-19(4)26-17-31-33(23(8)45)21(6)28(42-31)15-27-20(5)25(11-12-32(46)50-14-13-18(2)3)37(43-27)35-36(40(48)49-9)39(47)34-22(7)29(44-38(34)35)16-30(24)41-26/h13,15-17,19-20,24-25,36,42,44-45,47H,2,10-12,14H2,1,3-9H3/q-1/b27-15?,30-16?,31-17?,33-23+/t19-,20+,24-,25+,36-/m1/s1.